The Hall–Kier alpha value is -2.09. The van der Waals surface area contributed by atoms with E-state index >= 15 is 0 Å². The molecule has 0 aliphatic heterocycles. The van der Waals surface area contributed by atoms with Crippen LogP contribution < -0.4 is 10.2 Å². The lowest BCUT2D eigenvalue weighted by atomic mass is 10.1. The number of halogens is 1. The highest BCUT2D eigenvalue weighted by molar-refractivity contribution is 14.1. The van der Waals surface area contributed by atoms with E-state index in [2.05, 4.69) is 33.1 Å². The molecule has 0 saturated heterocycles. The summed E-state index contributed by atoms with van der Waals surface area (Å²) in [5.41, 5.74) is 5.02. The largest absolute Gasteiger partial charge is 0.507 e. The van der Waals surface area contributed by atoms with Crippen LogP contribution in [-0.4, -0.2) is 23.8 Å². The molecule has 23 heavy (non-hydrogen) atoms. The van der Waals surface area contributed by atoms with E-state index in [1.165, 1.54) is 6.21 Å². The van der Waals surface area contributed by atoms with Gasteiger partial charge in [0, 0.05) is 9.13 Å². The van der Waals surface area contributed by atoms with Gasteiger partial charge in [0.2, 0.25) is 0 Å². The molecule has 0 aliphatic rings. The van der Waals surface area contributed by atoms with E-state index in [0.29, 0.717) is 11.3 Å². The highest BCUT2D eigenvalue weighted by Crippen LogP contribution is 2.20. The number of rotatable bonds is 5. The fourth-order valence-corrected chi connectivity index (χ4v) is 2.37. The first-order valence-electron chi connectivity index (χ1n) is 6.97. The molecule has 0 bridgehead atoms. The fourth-order valence-electron chi connectivity index (χ4n) is 1.86. The van der Waals surface area contributed by atoms with Crippen LogP contribution in [0.2, 0.25) is 0 Å². The minimum absolute atomic E-state index is 0.107. The van der Waals surface area contributed by atoms with E-state index < -0.39 is 0 Å². The van der Waals surface area contributed by atoms with Gasteiger partial charge in [-0.3, -0.25) is 4.79 Å². The molecule has 0 unspecified atom stereocenters. The maximum absolute atomic E-state index is 11.7. The number of nitrogens with zero attached hydrogens (tertiary/aromatic N) is 1. The summed E-state index contributed by atoms with van der Waals surface area (Å²) in [7, 11) is 0. The van der Waals surface area contributed by atoms with Crippen LogP contribution >= 0.6 is 22.6 Å². The molecule has 1 amide bonds. The van der Waals surface area contributed by atoms with E-state index in [0.717, 1.165) is 14.7 Å². The quantitative estimate of drug-likeness (QED) is 0.440. The Morgan fingerprint density at radius 2 is 2.13 bits per heavy atom. The first kappa shape index (κ1) is 17.3. The van der Waals surface area contributed by atoms with Crippen LogP contribution in [0.4, 0.5) is 0 Å². The number of hydrogen-bond donors (Lipinski definition) is 2. The third-order valence-corrected chi connectivity index (χ3v) is 3.97. The monoisotopic (exact) mass is 424 g/mol. The maximum atomic E-state index is 11.7. The molecule has 2 aromatic rings. The first-order valence-corrected chi connectivity index (χ1v) is 8.04. The van der Waals surface area contributed by atoms with Gasteiger partial charge in [-0.05, 0) is 71.8 Å². The number of hydrazone groups is 1. The molecule has 0 heterocycles. The van der Waals surface area contributed by atoms with Gasteiger partial charge in [-0.25, -0.2) is 5.43 Å². The summed E-state index contributed by atoms with van der Waals surface area (Å²) in [5, 5.41) is 13.5. The number of benzene rings is 2. The average molecular weight is 424 g/mol. The van der Waals surface area contributed by atoms with Gasteiger partial charge in [-0.1, -0.05) is 12.1 Å². The summed E-state index contributed by atoms with van der Waals surface area (Å²) < 4.78 is 6.45. The summed E-state index contributed by atoms with van der Waals surface area (Å²) in [6.07, 6.45) is 1.40. The number of aryl methyl sites for hydroxylation is 1. The van der Waals surface area contributed by atoms with Gasteiger partial charge in [-0.2, -0.15) is 5.10 Å². The van der Waals surface area contributed by atoms with Crippen molar-refractivity contribution in [2.24, 2.45) is 5.10 Å². The van der Waals surface area contributed by atoms with Gasteiger partial charge in [0.1, 0.15) is 11.5 Å². The molecular weight excluding hydrogens is 407 g/mol. The normalized spacial score (nSPS) is 10.7. The molecule has 0 fully saturated rings. The van der Waals surface area contributed by atoms with Gasteiger partial charge in [-0.15, -0.1) is 0 Å². The number of phenolic OH excluding ortho intramolecular Hbond substituents is 1. The Bertz CT molecular complexity index is 745. The van der Waals surface area contributed by atoms with Crippen LogP contribution in [0.25, 0.3) is 0 Å². The number of phenols is 1. The van der Waals surface area contributed by atoms with E-state index in [9.17, 15) is 9.90 Å². The topological polar surface area (TPSA) is 70.9 Å². The highest BCUT2D eigenvalue weighted by atomic mass is 127. The molecule has 2 aromatic carbocycles. The Balaban J connectivity index is 1.89. The predicted octanol–water partition coefficient (Wildman–Crippen LogP) is 3.14. The summed E-state index contributed by atoms with van der Waals surface area (Å²) in [6.45, 7) is 3.81. The van der Waals surface area contributed by atoms with Crippen LogP contribution in [0.1, 0.15) is 16.7 Å². The van der Waals surface area contributed by atoms with Crippen LogP contribution in [0, 0.1) is 17.4 Å². The number of carbonyl (C=O) groups is 1. The first-order chi connectivity index (χ1) is 11.0. The Morgan fingerprint density at radius 3 is 2.91 bits per heavy atom. The van der Waals surface area contributed by atoms with Crippen LogP contribution in [0.5, 0.6) is 11.5 Å². The van der Waals surface area contributed by atoms with Crippen LogP contribution in [0.3, 0.4) is 0 Å². The van der Waals surface area contributed by atoms with E-state index in [-0.39, 0.29) is 18.3 Å². The molecule has 0 aliphatic carbocycles. The maximum Gasteiger partial charge on any atom is 0.277 e. The zero-order valence-corrected chi connectivity index (χ0v) is 15.0. The van der Waals surface area contributed by atoms with Crippen molar-refractivity contribution in [2.75, 3.05) is 6.61 Å². The second-order valence-electron chi connectivity index (χ2n) is 4.98. The molecule has 2 rings (SSSR count). The summed E-state index contributed by atoms with van der Waals surface area (Å²) in [6, 6.07) is 10.8. The van der Waals surface area contributed by atoms with Crippen molar-refractivity contribution < 1.29 is 14.6 Å². The molecular formula is C17H17IN2O3. The second-order valence-corrected chi connectivity index (χ2v) is 6.23. The molecule has 5 nitrogen and oxygen atoms in total. The summed E-state index contributed by atoms with van der Waals surface area (Å²) in [5.74, 6) is 0.418. The molecule has 0 aromatic heterocycles. The van der Waals surface area contributed by atoms with E-state index in [1.54, 1.807) is 18.2 Å². The zero-order valence-electron chi connectivity index (χ0n) is 12.8. The van der Waals surface area contributed by atoms with Crippen molar-refractivity contribution in [3.05, 3.63) is 56.7 Å². The van der Waals surface area contributed by atoms with Gasteiger partial charge in [0.05, 0.1) is 6.21 Å². The molecule has 0 atom stereocenters. The van der Waals surface area contributed by atoms with Gasteiger partial charge in [0.25, 0.3) is 5.91 Å². The molecule has 2 N–H and O–H groups in total. The summed E-state index contributed by atoms with van der Waals surface area (Å²) in [4.78, 5) is 11.7. The average Bonchev–Trinajstić information content (AvgIpc) is 2.52. The van der Waals surface area contributed by atoms with Crippen molar-refractivity contribution in [3.63, 3.8) is 0 Å². The van der Waals surface area contributed by atoms with Gasteiger partial charge >= 0.3 is 0 Å². The number of nitrogens with one attached hydrogen (secondary N) is 1. The summed E-state index contributed by atoms with van der Waals surface area (Å²) >= 11 is 2.13. The van der Waals surface area contributed by atoms with Crippen LogP contribution in [0.15, 0.2) is 41.5 Å². The van der Waals surface area contributed by atoms with Crippen molar-refractivity contribution in [3.8, 4) is 11.5 Å². The van der Waals surface area contributed by atoms with E-state index in [4.69, 9.17) is 4.74 Å². The van der Waals surface area contributed by atoms with Crippen molar-refractivity contribution in [2.45, 2.75) is 13.8 Å². The smallest absolute Gasteiger partial charge is 0.277 e. The molecule has 0 spiro atoms. The number of ether oxygens (including phenoxy) is 1. The minimum Gasteiger partial charge on any atom is -0.507 e. The number of aromatic hydroxyl groups is 1. The molecule has 6 heteroatoms. The number of hydrogen-bond acceptors (Lipinski definition) is 4. The van der Waals surface area contributed by atoms with Crippen molar-refractivity contribution in [1.29, 1.82) is 0 Å². The van der Waals surface area contributed by atoms with Gasteiger partial charge < -0.3 is 9.84 Å². The third kappa shape index (κ3) is 4.95. The fraction of sp³-hybridized carbons (Fsp3) is 0.176. The van der Waals surface area contributed by atoms with Gasteiger partial charge in [0.15, 0.2) is 6.61 Å². The SMILES string of the molecule is Cc1cccc(OCC(=O)N/N=C\c2cc(I)ccc2O)c1C. The number of carbonyl (C=O) groups excluding carboxylic acids is 1. The second kappa shape index (κ2) is 7.96. The standard InChI is InChI=1S/C17H17IN2O3/c1-11-4-3-5-16(12(11)2)23-10-17(22)20-19-9-13-8-14(18)6-7-15(13)21/h3-9,21H,10H2,1-2H3,(H,20,22)/b19-9-. The Kier molecular flexibility index (Phi) is 5.97. The van der Waals surface area contributed by atoms with Crippen molar-refractivity contribution in [1.82, 2.24) is 5.43 Å². The lowest BCUT2D eigenvalue weighted by Crippen LogP contribution is -2.24. The molecule has 0 radical (unpaired) electrons. The van der Waals surface area contributed by atoms with Crippen LogP contribution in [-0.2, 0) is 4.79 Å². The molecule has 120 valence electrons. The Morgan fingerprint density at radius 1 is 1.35 bits per heavy atom. The Labute approximate surface area is 148 Å². The van der Waals surface area contributed by atoms with Crippen molar-refractivity contribution >= 4 is 34.7 Å². The number of amides is 1. The third-order valence-electron chi connectivity index (χ3n) is 3.30. The van der Waals surface area contributed by atoms with E-state index in [1.807, 2.05) is 32.0 Å². The lowest BCUT2D eigenvalue weighted by Gasteiger charge is -2.09. The lowest BCUT2D eigenvalue weighted by molar-refractivity contribution is -0.123. The molecule has 0 saturated carbocycles. The zero-order chi connectivity index (χ0) is 16.8. The predicted molar refractivity (Wildman–Crippen MR) is 98.0 cm³/mol. The highest BCUT2D eigenvalue weighted by Gasteiger charge is 2.05. The minimum atomic E-state index is -0.368.